The van der Waals surface area contributed by atoms with Crippen LogP contribution in [0.4, 0.5) is 13.2 Å². The fourth-order valence-electron chi connectivity index (χ4n) is 0.864. The third kappa shape index (κ3) is 2.73. The molecule has 0 aromatic heterocycles. The zero-order chi connectivity index (χ0) is 10.6. The van der Waals surface area contributed by atoms with E-state index in [2.05, 4.69) is 0 Å². The normalized spacial score (nSPS) is 10.8. The SMILES string of the molecule is O=C(C=Cc1ccc(F)cc1F)CF. The Bertz CT molecular complexity index is 372. The van der Waals surface area contributed by atoms with Crippen molar-refractivity contribution in [3.63, 3.8) is 0 Å². The molecule has 0 heterocycles. The highest BCUT2D eigenvalue weighted by Crippen LogP contribution is 2.10. The number of alkyl halides is 1. The van der Waals surface area contributed by atoms with Gasteiger partial charge >= 0.3 is 0 Å². The summed E-state index contributed by atoms with van der Waals surface area (Å²) in [5.41, 5.74) is 0.0493. The van der Waals surface area contributed by atoms with Crippen LogP contribution in [0.15, 0.2) is 24.3 Å². The number of rotatable bonds is 3. The van der Waals surface area contributed by atoms with Crippen LogP contribution < -0.4 is 0 Å². The minimum atomic E-state index is -1.13. The van der Waals surface area contributed by atoms with Crippen LogP contribution in [0.2, 0.25) is 0 Å². The van der Waals surface area contributed by atoms with E-state index >= 15 is 0 Å². The van der Waals surface area contributed by atoms with Crippen molar-refractivity contribution in [1.29, 1.82) is 0 Å². The molecule has 0 fully saturated rings. The second-order valence-corrected chi connectivity index (χ2v) is 2.60. The Morgan fingerprint density at radius 2 is 2.07 bits per heavy atom. The lowest BCUT2D eigenvalue weighted by Crippen LogP contribution is -1.93. The Kier molecular flexibility index (Phi) is 3.45. The molecule has 0 saturated carbocycles. The van der Waals surface area contributed by atoms with Crippen LogP contribution in [0, 0.1) is 11.6 Å². The van der Waals surface area contributed by atoms with Gasteiger partial charge in [-0.15, -0.1) is 0 Å². The molecule has 0 amide bonds. The van der Waals surface area contributed by atoms with Crippen LogP contribution in [-0.4, -0.2) is 12.5 Å². The van der Waals surface area contributed by atoms with Gasteiger partial charge in [0, 0.05) is 11.6 Å². The predicted octanol–water partition coefficient (Wildman–Crippen LogP) is 2.52. The van der Waals surface area contributed by atoms with Gasteiger partial charge in [0.1, 0.15) is 11.6 Å². The van der Waals surface area contributed by atoms with Gasteiger partial charge in [-0.2, -0.15) is 0 Å². The highest BCUT2D eigenvalue weighted by Gasteiger charge is 2.00. The van der Waals surface area contributed by atoms with Crippen molar-refractivity contribution in [3.8, 4) is 0 Å². The minimum Gasteiger partial charge on any atom is -0.292 e. The third-order valence-electron chi connectivity index (χ3n) is 1.54. The first-order valence-electron chi connectivity index (χ1n) is 3.85. The summed E-state index contributed by atoms with van der Waals surface area (Å²) in [6, 6.07) is 2.93. The molecule has 0 aliphatic rings. The summed E-state index contributed by atoms with van der Waals surface area (Å²) in [6.07, 6.45) is 2.02. The molecule has 0 spiro atoms. The van der Waals surface area contributed by atoms with Crippen LogP contribution in [0.5, 0.6) is 0 Å². The maximum Gasteiger partial charge on any atom is 0.186 e. The second-order valence-electron chi connectivity index (χ2n) is 2.60. The molecule has 0 unspecified atom stereocenters. The molecule has 0 atom stereocenters. The smallest absolute Gasteiger partial charge is 0.186 e. The van der Waals surface area contributed by atoms with Gasteiger partial charge in [-0.3, -0.25) is 4.79 Å². The lowest BCUT2D eigenvalue weighted by molar-refractivity contribution is -0.115. The van der Waals surface area contributed by atoms with Crippen LogP contribution >= 0.6 is 0 Å². The molecule has 1 aromatic rings. The molecule has 0 aliphatic heterocycles. The molecule has 14 heavy (non-hydrogen) atoms. The summed E-state index contributed by atoms with van der Waals surface area (Å²) in [5.74, 6) is -2.24. The van der Waals surface area contributed by atoms with Gasteiger partial charge in [0.15, 0.2) is 12.5 Å². The van der Waals surface area contributed by atoms with E-state index in [-0.39, 0.29) is 5.56 Å². The van der Waals surface area contributed by atoms with Crippen molar-refractivity contribution in [2.45, 2.75) is 0 Å². The van der Waals surface area contributed by atoms with Crippen molar-refractivity contribution in [2.24, 2.45) is 0 Å². The first-order chi connectivity index (χ1) is 6.63. The van der Waals surface area contributed by atoms with E-state index in [0.29, 0.717) is 6.07 Å². The average Bonchev–Trinajstić information content (AvgIpc) is 2.16. The lowest BCUT2D eigenvalue weighted by atomic mass is 10.2. The molecule has 4 heteroatoms. The van der Waals surface area contributed by atoms with Crippen LogP contribution in [0.1, 0.15) is 5.56 Å². The Morgan fingerprint density at radius 1 is 1.36 bits per heavy atom. The molecule has 0 bridgehead atoms. The number of carbonyl (C=O) groups is 1. The van der Waals surface area contributed by atoms with Crippen molar-refractivity contribution >= 4 is 11.9 Å². The summed E-state index contributed by atoms with van der Waals surface area (Å²) in [5, 5.41) is 0. The van der Waals surface area contributed by atoms with Crippen LogP contribution in [0.3, 0.4) is 0 Å². The van der Waals surface area contributed by atoms with Gasteiger partial charge in [0.2, 0.25) is 0 Å². The summed E-state index contributed by atoms with van der Waals surface area (Å²) in [7, 11) is 0. The summed E-state index contributed by atoms with van der Waals surface area (Å²) < 4.78 is 37.0. The Morgan fingerprint density at radius 3 is 2.64 bits per heavy atom. The predicted molar refractivity (Wildman–Crippen MR) is 46.4 cm³/mol. The van der Waals surface area contributed by atoms with Crippen molar-refractivity contribution in [1.82, 2.24) is 0 Å². The first-order valence-corrected chi connectivity index (χ1v) is 3.85. The lowest BCUT2D eigenvalue weighted by Gasteiger charge is -1.95. The van der Waals surface area contributed by atoms with Gasteiger partial charge in [-0.05, 0) is 24.3 Å². The first kappa shape index (κ1) is 10.5. The topological polar surface area (TPSA) is 17.1 Å². The Hall–Kier alpha value is -1.58. The van der Waals surface area contributed by atoms with E-state index in [1.807, 2.05) is 0 Å². The molecule has 1 aromatic carbocycles. The van der Waals surface area contributed by atoms with E-state index in [1.54, 1.807) is 0 Å². The van der Waals surface area contributed by atoms with E-state index in [4.69, 9.17) is 0 Å². The number of benzene rings is 1. The van der Waals surface area contributed by atoms with E-state index in [9.17, 15) is 18.0 Å². The number of halogens is 3. The van der Waals surface area contributed by atoms with E-state index < -0.39 is 24.1 Å². The highest BCUT2D eigenvalue weighted by atomic mass is 19.1. The Labute approximate surface area is 78.9 Å². The van der Waals surface area contributed by atoms with Crippen molar-refractivity contribution < 1.29 is 18.0 Å². The standard InChI is InChI=1S/C10H7F3O/c11-6-9(14)4-2-7-1-3-8(12)5-10(7)13/h1-5H,6H2. The number of hydrogen-bond donors (Lipinski definition) is 0. The van der Waals surface area contributed by atoms with Gasteiger partial charge in [0.25, 0.3) is 0 Å². The zero-order valence-electron chi connectivity index (χ0n) is 7.14. The number of ketones is 1. The molecule has 0 aliphatic carbocycles. The molecule has 74 valence electrons. The third-order valence-corrected chi connectivity index (χ3v) is 1.54. The quantitative estimate of drug-likeness (QED) is 0.685. The van der Waals surface area contributed by atoms with Crippen LogP contribution in [0.25, 0.3) is 6.08 Å². The zero-order valence-corrected chi connectivity index (χ0v) is 7.14. The van der Waals surface area contributed by atoms with Gasteiger partial charge in [-0.1, -0.05) is 0 Å². The van der Waals surface area contributed by atoms with Crippen molar-refractivity contribution in [3.05, 3.63) is 41.5 Å². The molecule has 1 rings (SSSR count). The second kappa shape index (κ2) is 4.60. The molecule has 1 nitrogen and oxygen atoms in total. The van der Waals surface area contributed by atoms with E-state index in [1.165, 1.54) is 6.07 Å². The summed E-state index contributed by atoms with van der Waals surface area (Å²) in [6.45, 7) is -1.13. The number of hydrogen-bond acceptors (Lipinski definition) is 1. The summed E-state index contributed by atoms with van der Waals surface area (Å²) >= 11 is 0. The fourth-order valence-corrected chi connectivity index (χ4v) is 0.864. The van der Waals surface area contributed by atoms with Crippen LogP contribution in [-0.2, 0) is 4.79 Å². The molecule has 0 saturated heterocycles. The molecule has 0 N–H and O–H groups in total. The minimum absolute atomic E-state index is 0.0493. The number of carbonyl (C=O) groups excluding carboxylic acids is 1. The monoisotopic (exact) mass is 200 g/mol. The molecular formula is C10H7F3O. The average molecular weight is 200 g/mol. The highest BCUT2D eigenvalue weighted by molar-refractivity contribution is 5.94. The maximum absolute atomic E-state index is 12.9. The van der Waals surface area contributed by atoms with Gasteiger partial charge < -0.3 is 0 Å². The van der Waals surface area contributed by atoms with Gasteiger partial charge in [0.05, 0.1) is 0 Å². The Balaban J connectivity index is 2.87. The number of allylic oxidation sites excluding steroid dienone is 1. The van der Waals surface area contributed by atoms with Crippen molar-refractivity contribution in [2.75, 3.05) is 6.67 Å². The van der Waals surface area contributed by atoms with E-state index in [0.717, 1.165) is 18.2 Å². The molecular weight excluding hydrogens is 193 g/mol. The molecule has 0 radical (unpaired) electrons. The maximum atomic E-state index is 12.9. The summed E-state index contributed by atoms with van der Waals surface area (Å²) in [4.78, 5) is 10.5. The fraction of sp³-hybridized carbons (Fsp3) is 0.100. The van der Waals surface area contributed by atoms with Gasteiger partial charge in [-0.25, -0.2) is 13.2 Å². The largest absolute Gasteiger partial charge is 0.292 e.